The van der Waals surface area contributed by atoms with Crippen LogP contribution < -0.4 is 5.73 Å². The van der Waals surface area contributed by atoms with Crippen LogP contribution in [0.4, 0.5) is 0 Å². The predicted octanol–water partition coefficient (Wildman–Crippen LogP) is 0.665. The molecule has 13 heavy (non-hydrogen) atoms. The lowest BCUT2D eigenvalue weighted by Crippen LogP contribution is -2.01. The zero-order chi connectivity index (χ0) is 9.26. The molecule has 4 heteroatoms. The molecule has 2 aromatic heterocycles. The van der Waals surface area contributed by atoms with Crippen molar-refractivity contribution in [2.24, 2.45) is 5.73 Å². The number of hydrogen-bond donors (Lipinski definition) is 1. The van der Waals surface area contributed by atoms with Crippen molar-refractivity contribution in [3.8, 4) is 6.07 Å². The van der Waals surface area contributed by atoms with Gasteiger partial charge in [0.25, 0.3) is 0 Å². The van der Waals surface area contributed by atoms with Gasteiger partial charge in [-0.3, -0.25) is 0 Å². The third kappa shape index (κ3) is 1.06. The van der Waals surface area contributed by atoms with Crippen molar-refractivity contribution in [3.63, 3.8) is 0 Å². The van der Waals surface area contributed by atoms with Crippen LogP contribution in [0.5, 0.6) is 0 Å². The lowest BCUT2D eigenvalue weighted by Gasteiger charge is -1.95. The van der Waals surface area contributed by atoms with E-state index in [9.17, 15) is 0 Å². The first kappa shape index (κ1) is 7.77. The van der Waals surface area contributed by atoms with Gasteiger partial charge < -0.3 is 10.1 Å². The minimum absolute atomic E-state index is 0.340. The number of rotatable bonds is 1. The van der Waals surface area contributed by atoms with Crippen LogP contribution in [-0.2, 0) is 6.54 Å². The minimum atomic E-state index is 0.340. The SMILES string of the molecule is N#Cc1nc(CN)n2ccccc12. The molecule has 0 spiro atoms. The molecule has 0 aliphatic heterocycles. The van der Waals surface area contributed by atoms with Crippen molar-refractivity contribution >= 4 is 5.52 Å². The molecule has 0 unspecified atom stereocenters. The van der Waals surface area contributed by atoms with Gasteiger partial charge in [-0.15, -0.1) is 0 Å². The summed E-state index contributed by atoms with van der Waals surface area (Å²) < 4.78 is 1.83. The fraction of sp³-hybridized carbons (Fsp3) is 0.111. The number of nitrogens with zero attached hydrogens (tertiary/aromatic N) is 3. The monoisotopic (exact) mass is 172 g/mol. The van der Waals surface area contributed by atoms with E-state index in [4.69, 9.17) is 11.0 Å². The standard InChI is InChI=1S/C9H8N4/c10-5-7-8-3-1-2-4-13(8)9(6-11)12-7/h1-4H,6,11H2. The van der Waals surface area contributed by atoms with E-state index < -0.39 is 0 Å². The van der Waals surface area contributed by atoms with Gasteiger partial charge in [0.15, 0.2) is 5.69 Å². The lowest BCUT2D eigenvalue weighted by molar-refractivity contribution is 0.902. The van der Waals surface area contributed by atoms with Gasteiger partial charge >= 0.3 is 0 Å². The van der Waals surface area contributed by atoms with Crippen LogP contribution in [0.3, 0.4) is 0 Å². The topological polar surface area (TPSA) is 67.1 Å². The quantitative estimate of drug-likeness (QED) is 0.687. The average molecular weight is 172 g/mol. The van der Waals surface area contributed by atoms with Crippen molar-refractivity contribution in [3.05, 3.63) is 35.9 Å². The second-order valence-corrected chi connectivity index (χ2v) is 2.65. The van der Waals surface area contributed by atoms with E-state index in [1.54, 1.807) is 0 Å². The lowest BCUT2D eigenvalue weighted by atomic mass is 10.3. The summed E-state index contributed by atoms with van der Waals surface area (Å²) >= 11 is 0. The van der Waals surface area contributed by atoms with E-state index in [0.29, 0.717) is 18.1 Å². The van der Waals surface area contributed by atoms with Crippen LogP contribution in [0, 0.1) is 11.3 Å². The number of pyridine rings is 1. The number of hydrogen-bond acceptors (Lipinski definition) is 3. The summed E-state index contributed by atoms with van der Waals surface area (Å²) in [6.07, 6.45) is 1.85. The highest BCUT2D eigenvalue weighted by molar-refractivity contribution is 5.58. The molecule has 2 N–H and O–H groups in total. The first-order valence-corrected chi connectivity index (χ1v) is 3.93. The Morgan fingerprint density at radius 1 is 1.54 bits per heavy atom. The highest BCUT2D eigenvalue weighted by Crippen LogP contribution is 2.11. The molecule has 0 fully saturated rings. The number of nitrogens with two attached hydrogens (primary N) is 1. The van der Waals surface area contributed by atoms with Crippen LogP contribution in [0.1, 0.15) is 11.5 Å². The Bertz CT molecular complexity index is 478. The first-order chi connectivity index (χ1) is 6.36. The van der Waals surface area contributed by atoms with Gasteiger partial charge in [0.1, 0.15) is 11.9 Å². The molecule has 0 radical (unpaired) electrons. The number of fused-ring (bicyclic) bond motifs is 1. The minimum Gasteiger partial charge on any atom is -0.324 e. The van der Waals surface area contributed by atoms with Crippen molar-refractivity contribution in [1.82, 2.24) is 9.38 Å². The molecule has 4 nitrogen and oxygen atoms in total. The van der Waals surface area contributed by atoms with E-state index in [-0.39, 0.29) is 0 Å². The maximum absolute atomic E-state index is 8.78. The maximum Gasteiger partial charge on any atom is 0.166 e. The van der Waals surface area contributed by atoms with Gasteiger partial charge in [-0.05, 0) is 12.1 Å². The molecule has 0 bridgehead atoms. The van der Waals surface area contributed by atoms with Gasteiger partial charge in [0, 0.05) is 6.20 Å². The molecule has 0 atom stereocenters. The van der Waals surface area contributed by atoms with Crippen LogP contribution >= 0.6 is 0 Å². The average Bonchev–Trinajstić information content (AvgIpc) is 2.56. The number of aromatic nitrogens is 2. The zero-order valence-electron chi connectivity index (χ0n) is 6.94. The first-order valence-electron chi connectivity index (χ1n) is 3.93. The molecule has 2 aromatic rings. The molecule has 0 amide bonds. The number of nitriles is 1. The second-order valence-electron chi connectivity index (χ2n) is 2.65. The summed E-state index contributed by atoms with van der Waals surface area (Å²) in [5, 5.41) is 8.78. The predicted molar refractivity (Wildman–Crippen MR) is 47.8 cm³/mol. The normalized spacial score (nSPS) is 10.2. The van der Waals surface area contributed by atoms with Crippen molar-refractivity contribution in [1.29, 1.82) is 5.26 Å². The summed E-state index contributed by atoms with van der Waals surface area (Å²) in [5.41, 5.74) is 6.73. The molecule has 0 saturated heterocycles. The van der Waals surface area contributed by atoms with E-state index in [2.05, 4.69) is 4.98 Å². The van der Waals surface area contributed by atoms with Crippen LogP contribution in [0.15, 0.2) is 24.4 Å². The Morgan fingerprint density at radius 3 is 3.08 bits per heavy atom. The summed E-state index contributed by atoms with van der Waals surface area (Å²) in [7, 11) is 0. The fourth-order valence-electron chi connectivity index (χ4n) is 1.33. The highest BCUT2D eigenvalue weighted by atomic mass is 15.0. The van der Waals surface area contributed by atoms with Crippen LogP contribution in [0.25, 0.3) is 5.52 Å². The van der Waals surface area contributed by atoms with Gasteiger partial charge in [0.2, 0.25) is 0 Å². The van der Waals surface area contributed by atoms with E-state index >= 15 is 0 Å². The Hall–Kier alpha value is -1.86. The Labute approximate surface area is 75.2 Å². The van der Waals surface area contributed by atoms with E-state index in [0.717, 1.165) is 5.52 Å². The largest absolute Gasteiger partial charge is 0.324 e. The number of imidazole rings is 1. The third-order valence-electron chi connectivity index (χ3n) is 1.91. The van der Waals surface area contributed by atoms with Crippen molar-refractivity contribution in [2.75, 3.05) is 0 Å². The summed E-state index contributed by atoms with van der Waals surface area (Å²) in [5.74, 6) is 0.715. The van der Waals surface area contributed by atoms with Gasteiger partial charge in [-0.1, -0.05) is 6.07 Å². The smallest absolute Gasteiger partial charge is 0.166 e. The van der Waals surface area contributed by atoms with E-state index in [1.165, 1.54) is 0 Å². The summed E-state index contributed by atoms with van der Waals surface area (Å²) in [6, 6.07) is 7.65. The molecule has 0 aromatic carbocycles. The molecule has 64 valence electrons. The van der Waals surface area contributed by atoms with Crippen LogP contribution in [-0.4, -0.2) is 9.38 Å². The molecule has 0 aliphatic rings. The van der Waals surface area contributed by atoms with E-state index in [1.807, 2.05) is 34.9 Å². The molecular weight excluding hydrogens is 164 g/mol. The van der Waals surface area contributed by atoms with Crippen molar-refractivity contribution < 1.29 is 0 Å². The second kappa shape index (κ2) is 2.88. The molecule has 2 rings (SSSR count). The van der Waals surface area contributed by atoms with Crippen LogP contribution in [0.2, 0.25) is 0 Å². The van der Waals surface area contributed by atoms with Gasteiger partial charge in [0.05, 0.1) is 12.1 Å². The zero-order valence-corrected chi connectivity index (χ0v) is 6.94. The Morgan fingerprint density at radius 2 is 2.38 bits per heavy atom. The maximum atomic E-state index is 8.78. The Kier molecular flexibility index (Phi) is 1.72. The molecular formula is C9H8N4. The Balaban J connectivity index is 2.84. The van der Waals surface area contributed by atoms with Gasteiger partial charge in [-0.2, -0.15) is 5.26 Å². The molecule has 0 saturated carbocycles. The summed E-state index contributed by atoms with van der Waals surface area (Å²) in [4.78, 5) is 4.10. The third-order valence-corrected chi connectivity index (χ3v) is 1.91. The fourth-order valence-corrected chi connectivity index (χ4v) is 1.33. The summed E-state index contributed by atoms with van der Waals surface area (Å²) in [6.45, 7) is 0.340. The van der Waals surface area contributed by atoms with Crippen molar-refractivity contribution in [2.45, 2.75) is 6.54 Å². The molecule has 2 heterocycles. The molecule has 0 aliphatic carbocycles. The highest BCUT2D eigenvalue weighted by Gasteiger charge is 2.07. The van der Waals surface area contributed by atoms with Gasteiger partial charge in [-0.25, -0.2) is 4.98 Å².